The van der Waals surface area contributed by atoms with Gasteiger partial charge in [0.25, 0.3) is 5.91 Å². The summed E-state index contributed by atoms with van der Waals surface area (Å²) in [5, 5.41) is 18.2. The summed E-state index contributed by atoms with van der Waals surface area (Å²) >= 11 is 0. The monoisotopic (exact) mass is 541 g/mol. The van der Waals surface area contributed by atoms with Crippen LogP contribution >= 0.6 is 0 Å². The molecule has 0 radical (unpaired) electrons. The number of rotatable bonds is 9. The molecule has 4 amide bonds. The minimum atomic E-state index is -1.18. The summed E-state index contributed by atoms with van der Waals surface area (Å²) < 4.78 is 6.79. The van der Waals surface area contributed by atoms with Crippen LogP contribution in [0.4, 0.5) is 4.79 Å². The van der Waals surface area contributed by atoms with Crippen molar-refractivity contribution >= 4 is 29.6 Å². The van der Waals surface area contributed by atoms with Crippen molar-refractivity contribution in [1.29, 1.82) is 0 Å². The summed E-state index contributed by atoms with van der Waals surface area (Å²) in [7, 11) is 0. The molecule has 0 fully saturated rings. The lowest BCUT2D eigenvalue weighted by Crippen LogP contribution is -2.59. The van der Waals surface area contributed by atoms with Crippen LogP contribution in [0.5, 0.6) is 0 Å². The number of nitrogens with zero attached hydrogens (tertiary/aromatic N) is 3. The zero-order valence-electron chi connectivity index (χ0n) is 22.5. The van der Waals surface area contributed by atoms with Crippen LogP contribution in [0.1, 0.15) is 39.0 Å². The first-order valence-electron chi connectivity index (χ1n) is 12.8. The van der Waals surface area contributed by atoms with Gasteiger partial charge in [-0.1, -0.05) is 63.2 Å². The van der Waals surface area contributed by atoms with Gasteiger partial charge in [-0.15, -0.1) is 5.10 Å². The number of benzene rings is 1. The molecule has 0 spiro atoms. The quantitative estimate of drug-likeness (QED) is 0.323. The summed E-state index contributed by atoms with van der Waals surface area (Å²) in [6.07, 6.45) is 0.707. The molecule has 0 saturated carbocycles. The number of ether oxygens (including phenoxy) is 1. The van der Waals surface area contributed by atoms with E-state index in [2.05, 4.69) is 31.6 Å². The predicted molar refractivity (Wildman–Crippen MR) is 139 cm³/mol. The predicted octanol–water partition coefficient (Wildman–Crippen LogP) is 0.0961. The van der Waals surface area contributed by atoms with Crippen molar-refractivity contribution in [2.75, 3.05) is 6.54 Å². The van der Waals surface area contributed by atoms with Gasteiger partial charge in [0.15, 0.2) is 0 Å². The number of Topliss-reactive ketones (excluding diaryl/α,β-unsaturated/α-hetero) is 1. The molecule has 3 atom stereocenters. The normalized spacial score (nSPS) is 17.1. The Hall–Kier alpha value is -4.29. The summed E-state index contributed by atoms with van der Waals surface area (Å²) in [4.78, 5) is 64.0. The van der Waals surface area contributed by atoms with Crippen molar-refractivity contribution in [1.82, 2.24) is 36.3 Å². The molecule has 2 heterocycles. The molecule has 13 heteroatoms. The van der Waals surface area contributed by atoms with Crippen LogP contribution in [0.2, 0.25) is 0 Å². The smallest absolute Gasteiger partial charge is 0.408 e. The average Bonchev–Trinajstić information content (AvgIpc) is 3.35. The molecular weight excluding hydrogens is 506 g/mol. The number of hydrogen-bond donors (Lipinski definition) is 4. The van der Waals surface area contributed by atoms with Crippen LogP contribution in [0, 0.1) is 11.8 Å². The zero-order valence-corrected chi connectivity index (χ0v) is 22.5. The number of carbonyl (C=O) groups is 5. The number of alkyl carbamates (subject to hydrolysis) is 1. The second-order valence-electron chi connectivity index (χ2n) is 9.99. The molecule has 1 aliphatic heterocycles. The van der Waals surface area contributed by atoms with E-state index in [9.17, 15) is 24.0 Å². The molecule has 3 rings (SSSR count). The number of fused-ring (bicyclic) bond motifs is 1. The molecule has 4 N–H and O–H groups in total. The van der Waals surface area contributed by atoms with Gasteiger partial charge in [0.05, 0.1) is 18.4 Å². The molecule has 0 bridgehead atoms. The largest absolute Gasteiger partial charge is 0.445 e. The lowest BCUT2D eigenvalue weighted by atomic mass is 9.98. The molecule has 210 valence electrons. The van der Waals surface area contributed by atoms with E-state index in [1.165, 1.54) is 6.20 Å². The van der Waals surface area contributed by atoms with Gasteiger partial charge in [0, 0.05) is 13.0 Å². The Kier molecular flexibility index (Phi) is 10.1. The van der Waals surface area contributed by atoms with Gasteiger partial charge >= 0.3 is 6.09 Å². The molecular formula is C26H35N7O6. The van der Waals surface area contributed by atoms with Crippen LogP contribution in [0.3, 0.4) is 0 Å². The van der Waals surface area contributed by atoms with Crippen molar-refractivity contribution in [3.05, 3.63) is 47.8 Å². The Bertz CT molecular complexity index is 1180. The fourth-order valence-electron chi connectivity index (χ4n) is 4.03. The standard InChI is InChI=1S/C26H35N7O6/c1-15(2)20(23(35)29-19-12-18-13-28-32-33(18)11-10-27-25(37)22(19)34)30-24(36)21(16(3)4)31-26(38)39-14-17-8-6-5-7-9-17/h5-9,13,15-16,19-21H,10-12,14H2,1-4H3,(H,27,37)(H,29,35)(H,30,36)(H,31,38). The Morgan fingerprint density at radius 3 is 2.36 bits per heavy atom. The van der Waals surface area contributed by atoms with Crippen LogP contribution in [0.25, 0.3) is 0 Å². The molecule has 1 aliphatic rings. The molecule has 13 nitrogen and oxygen atoms in total. The maximum atomic E-state index is 13.3. The second kappa shape index (κ2) is 13.5. The number of nitrogens with one attached hydrogen (secondary N) is 4. The van der Waals surface area contributed by atoms with Gasteiger partial charge in [0.1, 0.15) is 24.7 Å². The Balaban J connectivity index is 1.67. The van der Waals surface area contributed by atoms with E-state index in [-0.39, 0.29) is 31.4 Å². The van der Waals surface area contributed by atoms with Crippen molar-refractivity contribution in [3.8, 4) is 0 Å². The Morgan fingerprint density at radius 2 is 1.69 bits per heavy atom. The topological polar surface area (TPSA) is 173 Å². The minimum absolute atomic E-state index is 0.00713. The molecule has 3 unspecified atom stereocenters. The highest BCUT2D eigenvalue weighted by Gasteiger charge is 2.35. The van der Waals surface area contributed by atoms with Crippen LogP contribution in [-0.2, 0) is 43.5 Å². The van der Waals surface area contributed by atoms with Crippen LogP contribution in [-0.4, -0.2) is 69.3 Å². The molecule has 1 aromatic carbocycles. The summed E-state index contributed by atoms with van der Waals surface area (Å²) in [5.41, 5.74) is 1.37. The molecule has 39 heavy (non-hydrogen) atoms. The van der Waals surface area contributed by atoms with E-state index in [1.54, 1.807) is 32.4 Å². The number of ketones is 1. The highest BCUT2D eigenvalue weighted by molar-refractivity contribution is 6.38. The maximum Gasteiger partial charge on any atom is 0.408 e. The summed E-state index contributed by atoms with van der Waals surface area (Å²) in [6.45, 7) is 7.50. The first-order chi connectivity index (χ1) is 18.6. The van der Waals surface area contributed by atoms with Gasteiger partial charge in [-0.2, -0.15) is 0 Å². The maximum absolute atomic E-state index is 13.3. The molecule has 2 aromatic rings. The zero-order chi connectivity index (χ0) is 28.5. The summed E-state index contributed by atoms with van der Waals surface area (Å²) in [6, 6.07) is 5.89. The minimum Gasteiger partial charge on any atom is -0.445 e. The van der Waals surface area contributed by atoms with Crippen molar-refractivity contribution < 1.29 is 28.7 Å². The number of hydrogen-bond acceptors (Lipinski definition) is 8. The van der Waals surface area contributed by atoms with E-state index >= 15 is 0 Å². The van der Waals surface area contributed by atoms with E-state index in [0.717, 1.165) is 5.56 Å². The summed E-state index contributed by atoms with van der Waals surface area (Å²) in [5.74, 6) is -3.55. The van der Waals surface area contributed by atoms with Crippen molar-refractivity contribution in [3.63, 3.8) is 0 Å². The molecule has 0 aliphatic carbocycles. The number of amides is 4. The van der Waals surface area contributed by atoms with E-state index in [0.29, 0.717) is 12.2 Å². The van der Waals surface area contributed by atoms with Gasteiger partial charge in [0.2, 0.25) is 17.6 Å². The van der Waals surface area contributed by atoms with Gasteiger partial charge in [-0.05, 0) is 17.4 Å². The fourth-order valence-corrected chi connectivity index (χ4v) is 4.03. The second-order valence-corrected chi connectivity index (χ2v) is 9.99. The third kappa shape index (κ3) is 8.09. The number of carbonyl (C=O) groups excluding carboxylic acids is 5. The van der Waals surface area contributed by atoms with Gasteiger partial charge in [-0.3, -0.25) is 19.2 Å². The van der Waals surface area contributed by atoms with Gasteiger partial charge in [-0.25, -0.2) is 9.48 Å². The first kappa shape index (κ1) is 29.3. The SMILES string of the molecule is CC(C)C(NC(=O)OCc1ccccc1)C(=O)NC(C(=O)NC1Cc2cnnn2CCNC(=O)C1=O)C(C)C. The van der Waals surface area contributed by atoms with Crippen molar-refractivity contribution in [2.45, 2.75) is 65.4 Å². The van der Waals surface area contributed by atoms with Crippen LogP contribution < -0.4 is 21.3 Å². The fraction of sp³-hybridized carbons (Fsp3) is 0.500. The van der Waals surface area contributed by atoms with Gasteiger partial charge < -0.3 is 26.0 Å². The van der Waals surface area contributed by atoms with Crippen molar-refractivity contribution in [2.24, 2.45) is 11.8 Å². The van der Waals surface area contributed by atoms with E-state index < -0.39 is 47.7 Å². The number of aromatic nitrogens is 3. The lowest BCUT2D eigenvalue weighted by molar-refractivity contribution is -0.140. The van der Waals surface area contributed by atoms with E-state index in [1.807, 2.05) is 30.3 Å². The van der Waals surface area contributed by atoms with Crippen LogP contribution in [0.15, 0.2) is 36.5 Å². The molecule has 0 saturated heterocycles. The van der Waals surface area contributed by atoms with E-state index in [4.69, 9.17) is 4.74 Å². The highest BCUT2D eigenvalue weighted by Crippen LogP contribution is 2.10. The Labute approximate surface area is 226 Å². The third-order valence-corrected chi connectivity index (χ3v) is 6.26. The molecule has 1 aromatic heterocycles. The third-order valence-electron chi connectivity index (χ3n) is 6.26. The Morgan fingerprint density at radius 1 is 1.03 bits per heavy atom. The average molecular weight is 542 g/mol. The lowest BCUT2D eigenvalue weighted by Gasteiger charge is -2.28. The highest BCUT2D eigenvalue weighted by atomic mass is 16.5. The first-order valence-corrected chi connectivity index (χ1v) is 12.8.